The summed E-state index contributed by atoms with van der Waals surface area (Å²) in [6.45, 7) is 2.02. The number of thioether (sulfide) groups is 1. The van der Waals surface area contributed by atoms with Crippen molar-refractivity contribution in [3.63, 3.8) is 0 Å². The number of fused-ring (bicyclic) bond motifs is 3. The topological polar surface area (TPSA) is 59.0 Å². The lowest BCUT2D eigenvalue weighted by Gasteiger charge is -2.14. The van der Waals surface area contributed by atoms with E-state index in [9.17, 15) is 4.79 Å². The van der Waals surface area contributed by atoms with E-state index in [1.54, 1.807) is 4.57 Å². The van der Waals surface area contributed by atoms with Crippen LogP contribution in [0.5, 0.6) is 0 Å². The lowest BCUT2D eigenvalue weighted by molar-refractivity contribution is 0.0910. The summed E-state index contributed by atoms with van der Waals surface area (Å²) in [5.74, 6) is -0.0582. The van der Waals surface area contributed by atoms with Crippen molar-refractivity contribution in [2.45, 2.75) is 17.5 Å². The Balaban J connectivity index is 1.50. The second kappa shape index (κ2) is 5.92. The first-order valence-electron chi connectivity index (χ1n) is 7.44. The zero-order valence-electron chi connectivity index (χ0n) is 12.8. The Bertz CT molecular complexity index is 966. The fraction of sp³-hybridized carbons (Fsp3) is 0.118. The van der Waals surface area contributed by atoms with Gasteiger partial charge < -0.3 is 10.6 Å². The van der Waals surface area contributed by atoms with Gasteiger partial charge in [-0.1, -0.05) is 36.0 Å². The Morgan fingerprint density at radius 2 is 2.08 bits per heavy atom. The number of benzene rings is 2. The van der Waals surface area contributed by atoms with Crippen molar-refractivity contribution in [1.29, 1.82) is 0 Å². The average Bonchev–Trinajstić information content (AvgIpc) is 3.04. The van der Waals surface area contributed by atoms with Crippen molar-refractivity contribution in [2.75, 3.05) is 5.32 Å². The molecule has 1 aliphatic rings. The molecule has 1 aliphatic heterocycles. The van der Waals surface area contributed by atoms with Crippen molar-refractivity contribution < 1.29 is 4.79 Å². The monoisotopic (exact) mass is 354 g/mol. The Morgan fingerprint density at radius 1 is 1.25 bits per heavy atom. The number of nitrogens with one attached hydrogen (secondary N) is 2. The van der Waals surface area contributed by atoms with Crippen LogP contribution in [0.15, 0.2) is 53.7 Å². The van der Waals surface area contributed by atoms with Gasteiger partial charge in [0.25, 0.3) is 5.91 Å². The molecule has 3 aromatic rings. The number of hydrogen-bond acceptors (Lipinski definition) is 4. The summed E-state index contributed by atoms with van der Waals surface area (Å²) < 4.78 is 1.65. The van der Waals surface area contributed by atoms with E-state index in [1.807, 2.05) is 55.5 Å². The fourth-order valence-corrected chi connectivity index (χ4v) is 4.02. The first-order valence-corrected chi connectivity index (χ1v) is 8.73. The molecule has 0 radical (unpaired) electrons. The zero-order valence-corrected chi connectivity index (χ0v) is 14.4. The first-order chi connectivity index (χ1) is 11.6. The van der Waals surface area contributed by atoms with Gasteiger partial charge in [0, 0.05) is 5.69 Å². The molecule has 0 amide bonds. The Morgan fingerprint density at radius 3 is 2.92 bits per heavy atom. The summed E-state index contributed by atoms with van der Waals surface area (Å²) in [5, 5.41) is 6.82. The number of aryl methyl sites for hydroxylation is 1. The molecular weight excluding hydrogens is 340 g/mol. The molecule has 0 bridgehead atoms. The van der Waals surface area contributed by atoms with Gasteiger partial charge in [0.05, 0.1) is 11.0 Å². The van der Waals surface area contributed by atoms with Crippen molar-refractivity contribution >= 4 is 51.7 Å². The molecule has 120 valence electrons. The van der Waals surface area contributed by atoms with Crippen molar-refractivity contribution in [3.05, 3.63) is 54.1 Å². The zero-order chi connectivity index (χ0) is 16.7. The normalized spacial score (nSPS) is 16.2. The molecule has 2 N–H and O–H groups in total. The van der Waals surface area contributed by atoms with Crippen LogP contribution >= 0.6 is 24.0 Å². The van der Waals surface area contributed by atoms with Crippen LogP contribution in [0, 0.1) is 6.92 Å². The minimum atomic E-state index is -0.470. The Labute approximate surface area is 148 Å². The van der Waals surface area contributed by atoms with E-state index >= 15 is 0 Å². The first kappa shape index (κ1) is 15.2. The summed E-state index contributed by atoms with van der Waals surface area (Å²) in [7, 11) is 0. The van der Waals surface area contributed by atoms with E-state index in [-0.39, 0.29) is 5.91 Å². The fourth-order valence-electron chi connectivity index (χ4n) is 2.67. The molecule has 0 saturated heterocycles. The average molecular weight is 354 g/mol. The summed E-state index contributed by atoms with van der Waals surface area (Å²) in [6.07, 6.45) is 0. The number of thiocarbonyl (C=S) groups is 1. The van der Waals surface area contributed by atoms with Crippen molar-refractivity contribution in [1.82, 2.24) is 14.9 Å². The maximum Gasteiger partial charge on any atom is 0.266 e. The summed E-state index contributed by atoms with van der Waals surface area (Å²) in [4.78, 5) is 17.2. The SMILES string of the molecule is Cc1cccc(NC(=S)NC2Sc3nc4ccccc4n3C2=O)c1. The molecule has 1 unspecified atom stereocenters. The molecule has 24 heavy (non-hydrogen) atoms. The van der Waals surface area contributed by atoms with E-state index in [0.717, 1.165) is 22.3 Å². The van der Waals surface area contributed by atoms with E-state index in [1.165, 1.54) is 11.8 Å². The molecule has 5 nitrogen and oxygen atoms in total. The molecule has 4 rings (SSSR count). The second-order valence-corrected chi connectivity index (χ2v) is 7.00. The minimum absolute atomic E-state index is 0.0582. The van der Waals surface area contributed by atoms with Crippen LogP contribution in [0.1, 0.15) is 10.4 Å². The van der Waals surface area contributed by atoms with E-state index < -0.39 is 5.37 Å². The van der Waals surface area contributed by atoms with Gasteiger partial charge in [-0.2, -0.15) is 0 Å². The van der Waals surface area contributed by atoms with Gasteiger partial charge in [-0.25, -0.2) is 4.98 Å². The lowest BCUT2D eigenvalue weighted by Crippen LogP contribution is -2.40. The van der Waals surface area contributed by atoms with Crippen LogP contribution in [-0.2, 0) is 0 Å². The highest BCUT2D eigenvalue weighted by molar-refractivity contribution is 8.01. The quantitative estimate of drug-likeness (QED) is 0.688. The van der Waals surface area contributed by atoms with Gasteiger partial charge in [-0.15, -0.1) is 0 Å². The standard InChI is InChI=1S/C17H14N4OS2/c1-10-5-4-6-11(9-10)18-16(23)20-14-15(22)21-13-8-3-2-7-12(13)19-17(21)24-14/h2-9,14H,1H3,(H2,18,20,23). The van der Waals surface area contributed by atoms with E-state index in [2.05, 4.69) is 15.6 Å². The largest absolute Gasteiger partial charge is 0.342 e. The number of imidazole rings is 1. The number of carbonyl (C=O) groups excluding carboxylic acids is 1. The third-order valence-corrected chi connectivity index (χ3v) is 5.00. The van der Waals surface area contributed by atoms with Crippen LogP contribution in [0.4, 0.5) is 5.69 Å². The number of aromatic nitrogens is 2. The smallest absolute Gasteiger partial charge is 0.266 e. The van der Waals surface area contributed by atoms with Crippen LogP contribution in [-0.4, -0.2) is 25.9 Å². The molecule has 2 aromatic carbocycles. The minimum Gasteiger partial charge on any atom is -0.342 e. The highest BCUT2D eigenvalue weighted by Gasteiger charge is 2.34. The number of nitrogens with zero attached hydrogens (tertiary/aromatic N) is 2. The van der Waals surface area contributed by atoms with Crippen LogP contribution < -0.4 is 10.6 Å². The molecule has 0 fully saturated rings. The molecule has 1 atom stereocenters. The lowest BCUT2D eigenvalue weighted by atomic mass is 10.2. The third kappa shape index (κ3) is 2.65. The molecule has 0 spiro atoms. The summed E-state index contributed by atoms with van der Waals surface area (Å²) in [6, 6.07) is 15.5. The number of para-hydroxylation sites is 2. The van der Waals surface area contributed by atoms with Crippen LogP contribution in [0.2, 0.25) is 0 Å². The van der Waals surface area contributed by atoms with Crippen LogP contribution in [0.3, 0.4) is 0 Å². The molecule has 2 heterocycles. The highest BCUT2D eigenvalue weighted by Crippen LogP contribution is 2.33. The predicted octanol–water partition coefficient (Wildman–Crippen LogP) is 3.40. The summed E-state index contributed by atoms with van der Waals surface area (Å²) in [5.41, 5.74) is 3.69. The van der Waals surface area contributed by atoms with Gasteiger partial charge in [-0.3, -0.25) is 9.36 Å². The maximum atomic E-state index is 12.7. The van der Waals surface area contributed by atoms with Crippen molar-refractivity contribution in [2.24, 2.45) is 0 Å². The van der Waals surface area contributed by atoms with Gasteiger partial charge in [0.2, 0.25) is 0 Å². The van der Waals surface area contributed by atoms with Gasteiger partial charge in [0.1, 0.15) is 0 Å². The van der Waals surface area contributed by atoms with E-state index in [4.69, 9.17) is 12.2 Å². The number of hydrogen-bond donors (Lipinski definition) is 2. The van der Waals surface area contributed by atoms with Gasteiger partial charge >= 0.3 is 0 Å². The van der Waals surface area contributed by atoms with Gasteiger partial charge in [-0.05, 0) is 49.0 Å². The van der Waals surface area contributed by atoms with Crippen molar-refractivity contribution in [3.8, 4) is 0 Å². The molecule has 0 saturated carbocycles. The summed E-state index contributed by atoms with van der Waals surface area (Å²) >= 11 is 6.71. The Kier molecular flexibility index (Phi) is 3.74. The molecule has 7 heteroatoms. The van der Waals surface area contributed by atoms with Gasteiger partial charge in [0.15, 0.2) is 15.6 Å². The highest BCUT2D eigenvalue weighted by atomic mass is 32.2. The third-order valence-electron chi connectivity index (χ3n) is 3.74. The number of rotatable bonds is 2. The van der Waals surface area contributed by atoms with Crippen LogP contribution in [0.25, 0.3) is 11.0 Å². The number of anilines is 1. The molecule has 1 aromatic heterocycles. The maximum absolute atomic E-state index is 12.7. The molecular formula is C17H14N4OS2. The Hall–Kier alpha value is -2.38. The molecule has 0 aliphatic carbocycles. The number of carbonyl (C=O) groups is 1. The van der Waals surface area contributed by atoms with E-state index in [0.29, 0.717) is 10.3 Å². The predicted molar refractivity (Wildman–Crippen MR) is 101 cm³/mol. The second-order valence-electron chi connectivity index (χ2n) is 5.52.